The molecule has 0 aliphatic carbocycles. The standard InChI is InChI=1S/C17H15Cl2N3/c18-11-7-8-15-13(10-11)17(12-4-1-2-5-14(12)19)22-16(21-15)6-3-9-20/h1-2,4-5,7-8,10H,3,6,9,20H2. The van der Waals surface area contributed by atoms with Crippen molar-refractivity contribution in [3.63, 3.8) is 0 Å². The van der Waals surface area contributed by atoms with Crippen molar-refractivity contribution in [2.45, 2.75) is 12.8 Å². The maximum absolute atomic E-state index is 6.34. The Kier molecular flexibility index (Phi) is 4.57. The van der Waals surface area contributed by atoms with Gasteiger partial charge in [-0.05, 0) is 37.2 Å². The van der Waals surface area contributed by atoms with Crippen molar-refractivity contribution in [3.05, 3.63) is 58.3 Å². The van der Waals surface area contributed by atoms with Gasteiger partial charge in [0.25, 0.3) is 0 Å². The highest BCUT2D eigenvalue weighted by Gasteiger charge is 2.12. The molecule has 0 radical (unpaired) electrons. The second kappa shape index (κ2) is 6.61. The van der Waals surface area contributed by atoms with Gasteiger partial charge in [0.2, 0.25) is 0 Å². The fraction of sp³-hybridized carbons (Fsp3) is 0.176. The summed E-state index contributed by atoms with van der Waals surface area (Å²) < 4.78 is 0. The van der Waals surface area contributed by atoms with E-state index in [-0.39, 0.29) is 0 Å². The van der Waals surface area contributed by atoms with Crippen LogP contribution in [0.3, 0.4) is 0 Å². The third-order valence-electron chi connectivity index (χ3n) is 3.44. The molecule has 2 N–H and O–H groups in total. The van der Waals surface area contributed by atoms with E-state index in [0.29, 0.717) is 16.6 Å². The van der Waals surface area contributed by atoms with Gasteiger partial charge in [0.1, 0.15) is 5.82 Å². The minimum absolute atomic E-state index is 0.615. The van der Waals surface area contributed by atoms with Crippen LogP contribution in [0.5, 0.6) is 0 Å². The van der Waals surface area contributed by atoms with Crippen LogP contribution in [0.2, 0.25) is 10.0 Å². The van der Waals surface area contributed by atoms with Gasteiger partial charge in [0.15, 0.2) is 0 Å². The zero-order valence-electron chi connectivity index (χ0n) is 11.9. The highest BCUT2D eigenvalue weighted by molar-refractivity contribution is 6.34. The van der Waals surface area contributed by atoms with Gasteiger partial charge in [0.05, 0.1) is 11.2 Å². The molecule has 0 amide bonds. The zero-order valence-corrected chi connectivity index (χ0v) is 13.4. The first kappa shape index (κ1) is 15.2. The molecule has 0 fully saturated rings. The van der Waals surface area contributed by atoms with E-state index in [9.17, 15) is 0 Å². The highest BCUT2D eigenvalue weighted by atomic mass is 35.5. The van der Waals surface area contributed by atoms with Crippen LogP contribution in [0.1, 0.15) is 12.2 Å². The SMILES string of the molecule is NCCCc1nc(-c2ccccc2Cl)c2cc(Cl)ccc2n1. The molecule has 2 aromatic carbocycles. The third-order valence-corrected chi connectivity index (χ3v) is 4.00. The number of aromatic nitrogens is 2. The van der Waals surface area contributed by atoms with Crippen LogP contribution in [0.25, 0.3) is 22.2 Å². The number of fused-ring (bicyclic) bond motifs is 1. The average molecular weight is 332 g/mol. The van der Waals surface area contributed by atoms with Crippen LogP contribution >= 0.6 is 23.2 Å². The van der Waals surface area contributed by atoms with E-state index >= 15 is 0 Å². The molecule has 0 bridgehead atoms. The molecular formula is C17H15Cl2N3. The summed E-state index contributed by atoms with van der Waals surface area (Å²) in [6.07, 6.45) is 1.59. The second-order valence-corrected chi connectivity index (χ2v) is 5.87. The molecule has 0 saturated carbocycles. The monoisotopic (exact) mass is 331 g/mol. The molecule has 3 nitrogen and oxygen atoms in total. The Balaban J connectivity index is 2.25. The van der Waals surface area contributed by atoms with E-state index in [1.54, 1.807) is 0 Å². The smallest absolute Gasteiger partial charge is 0.129 e. The van der Waals surface area contributed by atoms with Crippen LogP contribution in [-0.2, 0) is 6.42 Å². The molecule has 3 aromatic rings. The lowest BCUT2D eigenvalue weighted by molar-refractivity contribution is 0.787. The summed E-state index contributed by atoms with van der Waals surface area (Å²) in [7, 11) is 0. The summed E-state index contributed by atoms with van der Waals surface area (Å²) in [5.41, 5.74) is 8.14. The summed E-state index contributed by atoms with van der Waals surface area (Å²) in [6.45, 7) is 0.615. The first-order chi connectivity index (χ1) is 10.7. The molecule has 0 aliphatic rings. The molecule has 3 rings (SSSR count). The van der Waals surface area contributed by atoms with E-state index in [0.717, 1.165) is 40.8 Å². The Bertz CT molecular complexity index is 818. The van der Waals surface area contributed by atoms with Crippen LogP contribution in [0.15, 0.2) is 42.5 Å². The molecule has 0 saturated heterocycles. The predicted octanol–water partition coefficient (Wildman–Crippen LogP) is 4.49. The van der Waals surface area contributed by atoms with Gasteiger partial charge in [-0.2, -0.15) is 0 Å². The molecule has 0 spiro atoms. The van der Waals surface area contributed by atoms with Crippen molar-refractivity contribution in [1.82, 2.24) is 9.97 Å². The number of nitrogens with zero attached hydrogens (tertiary/aromatic N) is 2. The minimum Gasteiger partial charge on any atom is -0.330 e. The van der Waals surface area contributed by atoms with Crippen LogP contribution in [0, 0.1) is 0 Å². The first-order valence-corrected chi connectivity index (χ1v) is 7.86. The third kappa shape index (κ3) is 3.07. The maximum atomic E-state index is 6.34. The Hall–Kier alpha value is -1.68. The van der Waals surface area contributed by atoms with Gasteiger partial charge in [-0.25, -0.2) is 9.97 Å². The summed E-state index contributed by atoms with van der Waals surface area (Å²) >= 11 is 12.5. The van der Waals surface area contributed by atoms with Crippen molar-refractivity contribution in [1.29, 1.82) is 0 Å². The number of aryl methyl sites for hydroxylation is 1. The Morgan fingerprint density at radius 2 is 1.82 bits per heavy atom. The molecule has 0 aliphatic heterocycles. The van der Waals surface area contributed by atoms with E-state index in [1.807, 2.05) is 42.5 Å². The summed E-state index contributed by atoms with van der Waals surface area (Å²) in [4.78, 5) is 9.30. The van der Waals surface area contributed by atoms with Crippen LogP contribution in [-0.4, -0.2) is 16.5 Å². The average Bonchev–Trinajstić information content (AvgIpc) is 2.53. The number of rotatable bonds is 4. The lowest BCUT2D eigenvalue weighted by atomic mass is 10.1. The molecule has 112 valence electrons. The lowest BCUT2D eigenvalue weighted by Crippen LogP contribution is -2.04. The molecule has 1 aromatic heterocycles. The number of nitrogens with two attached hydrogens (primary N) is 1. The second-order valence-electron chi connectivity index (χ2n) is 5.02. The molecule has 0 unspecified atom stereocenters. The molecule has 1 heterocycles. The Labute approximate surface area is 139 Å². The summed E-state index contributed by atoms with van der Waals surface area (Å²) in [5.74, 6) is 0.773. The van der Waals surface area contributed by atoms with E-state index in [2.05, 4.69) is 4.98 Å². The number of halogens is 2. The molecular weight excluding hydrogens is 317 g/mol. The quantitative estimate of drug-likeness (QED) is 0.765. The predicted molar refractivity (Wildman–Crippen MR) is 92.4 cm³/mol. The molecule has 5 heteroatoms. The van der Waals surface area contributed by atoms with Gasteiger partial charge in [0, 0.05) is 27.4 Å². The van der Waals surface area contributed by atoms with E-state index < -0.39 is 0 Å². The van der Waals surface area contributed by atoms with Gasteiger partial charge in [-0.15, -0.1) is 0 Å². The van der Waals surface area contributed by atoms with Gasteiger partial charge in [-0.1, -0.05) is 41.4 Å². The fourth-order valence-electron chi connectivity index (χ4n) is 2.38. The topological polar surface area (TPSA) is 51.8 Å². The molecule has 22 heavy (non-hydrogen) atoms. The van der Waals surface area contributed by atoms with Crippen molar-refractivity contribution in [2.75, 3.05) is 6.54 Å². The largest absolute Gasteiger partial charge is 0.330 e. The summed E-state index contributed by atoms with van der Waals surface area (Å²) in [6, 6.07) is 13.3. The lowest BCUT2D eigenvalue weighted by Gasteiger charge is -2.10. The fourth-order valence-corrected chi connectivity index (χ4v) is 2.78. The number of hydrogen-bond acceptors (Lipinski definition) is 3. The zero-order chi connectivity index (χ0) is 15.5. The van der Waals surface area contributed by atoms with Crippen molar-refractivity contribution in [2.24, 2.45) is 5.73 Å². The minimum atomic E-state index is 0.615. The van der Waals surface area contributed by atoms with Crippen LogP contribution < -0.4 is 5.73 Å². The number of benzene rings is 2. The van der Waals surface area contributed by atoms with Gasteiger partial charge >= 0.3 is 0 Å². The number of hydrogen-bond donors (Lipinski definition) is 1. The first-order valence-electron chi connectivity index (χ1n) is 7.10. The van der Waals surface area contributed by atoms with Gasteiger partial charge < -0.3 is 5.73 Å². The van der Waals surface area contributed by atoms with Crippen molar-refractivity contribution < 1.29 is 0 Å². The Morgan fingerprint density at radius 3 is 2.59 bits per heavy atom. The van der Waals surface area contributed by atoms with Gasteiger partial charge in [-0.3, -0.25) is 0 Å². The highest BCUT2D eigenvalue weighted by Crippen LogP contribution is 2.32. The maximum Gasteiger partial charge on any atom is 0.129 e. The van der Waals surface area contributed by atoms with E-state index in [1.165, 1.54) is 0 Å². The van der Waals surface area contributed by atoms with Crippen molar-refractivity contribution >= 4 is 34.1 Å². The van der Waals surface area contributed by atoms with E-state index in [4.69, 9.17) is 33.9 Å². The van der Waals surface area contributed by atoms with Crippen LogP contribution in [0.4, 0.5) is 0 Å². The summed E-state index contributed by atoms with van der Waals surface area (Å²) in [5, 5.41) is 2.21. The normalized spacial score (nSPS) is 11.0. The Morgan fingerprint density at radius 1 is 1.00 bits per heavy atom. The molecule has 0 atom stereocenters. The van der Waals surface area contributed by atoms with Crippen molar-refractivity contribution in [3.8, 4) is 11.3 Å².